The normalized spacial score (nSPS) is 12.4. The average Bonchev–Trinajstić information content (AvgIpc) is 2.52. The van der Waals surface area contributed by atoms with Gasteiger partial charge in [-0.3, -0.25) is 0 Å². The van der Waals surface area contributed by atoms with Crippen molar-refractivity contribution < 1.29 is 9.47 Å². The van der Waals surface area contributed by atoms with Gasteiger partial charge in [0.1, 0.15) is 16.8 Å². The van der Waals surface area contributed by atoms with Gasteiger partial charge in [-0.2, -0.15) is 0 Å². The fourth-order valence-electron chi connectivity index (χ4n) is 3.97. The van der Waals surface area contributed by atoms with E-state index >= 15 is 0 Å². The Bertz CT molecular complexity index is 687. The van der Waals surface area contributed by atoms with Gasteiger partial charge in [-0.15, -0.1) is 0 Å². The largest absolute Gasteiger partial charge is 0.496 e. The topological polar surface area (TPSA) is 18.5 Å². The molecular weight excluding hydrogens is 327 g/mol. The second kappa shape index (κ2) is 7.38. The summed E-state index contributed by atoms with van der Waals surface area (Å²) in [5.41, 5.74) is 2.29. The van der Waals surface area contributed by atoms with Crippen LogP contribution in [-0.4, -0.2) is 24.5 Å². The zero-order valence-electron chi connectivity index (χ0n) is 16.9. The predicted molar refractivity (Wildman–Crippen MR) is 112 cm³/mol. The maximum Gasteiger partial charge on any atom is 0.130 e. The third kappa shape index (κ3) is 4.18. The monoisotopic (exact) mass is 359 g/mol. The molecule has 0 saturated heterocycles. The van der Waals surface area contributed by atoms with Crippen molar-refractivity contribution >= 4 is 13.2 Å². The van der Waals surface area contributed by atoms with Crippen LogP contribution in [0.4, 0.5) is 0 Å². The number of ether oxygens (including phenoxy) is 2. The molecule has 0 aliphatic carbocycles. The van der Waals surface area contributed by atoms with Crippen LogP contribution in [0.25, 0.3) is 11.1 Å². The second-order valence-corrected chi connectivity index (χ2v) is 12.7. The van der Waals surface area contributed by atoms with Gasteiger partial charge in [-0.05, 0) is 59.7 Å². The molecule has 136 valence electrons. The molecule has 0 atom stereocenters. The van der Waals surface area contributed by atoms with E-state index in [4.69, 9.17) is 9.47 Å². The summed E-state index contributed by atoms with van der Waals surface area (Å²) in [6, 6.07) is 14.8. The quantitative estimate of drug-likeness (QED) is 0.642. The molecule has 0 radical (unpaired) electrons. The molecule has 0 fully saturated rings. The lowest BCUT2D eigenvalue weighted by Crippen LogP contribution is -2.31. The maximum absolute atomic E-state index is 5.68. The highest BCUT2D eigenvalue weighted by Crippen LogP contribution is 2.60. The smallest absolute Gasteiger partial charge is 0.130 e. The number of hydrogen-bond acceptors (Lipinski definition) is 2. The summed E-state index contributed by atoms with van der Waals surface area (Å²) < 4.78 is 11.4. The number of rotatable bonds is 4. The average molecular weight is 359 g/mol. The number of benzene rings is 2. The van der Waals surface area contributed by atoms with Crippen molar-refractivity contribution in [1.29, 1.82) is 0 Å². The molecule has 0 saturated carbocycles. The van der Waals surface area contributed by atoms with E-state index in [-0.39, 0.29) is 10.3 Å². The summed E-state index contributed by atoms with van der Waals surface area (Å²) >= 11 is 0. The Balaban J connectivity index is 2.80. The summed E-state index contributed by atoms with van der Waals surface area (Å²) in [6.07, 6.45) is 0. The Morgan fingerprint density at radius 1 is 0.680 bits per heavy atom. The zero-order chi connectivity index (χ0) is 18.8. The highest BCUT2D eigenvalue weighted by Gasteiger charge is 2.45. The third-order valence-electron chi connectivity index (χ3n) is 4.39. The summed E-state index contributed by atoms with van der Waals surface area (Å²) in [7, 11) is 2.55. The molecule has 0 heterocycles. The molecule has 2 rings (SSSR count). The first-order valence-corrected chi connectivity index (χ1v) is 10.3. The summed E-state index contributed by atoms with van der Waals surface area (Å²) in [5, 5.41) is 1.90. The van der Waals surface area contributed by atoms with Crippen molar-refractivity contribution in [2.45, 2.75) is 51.9 Å². The Morgan fingerprint density at radius 3 is 1.60 bits per heavy atom. The van der Waals surface area contributed by atoms with Crippen molar-refractivity contribution in [1.82, 2.24) is 0 Å². The van der Waals surface area contributed by atoms with Crippen molar-refractivity contribution in [3.05, 3.63) is 42.5 Å². The van der Waals surface area contributed by atoms with Crippen molar-refractivity contribution in [2.75, 3.05) is 14.2 Å². The molecule has 0 aromatic heterocycles. The van der Waals surface area contributed by atoms with Crippen LogP contribution < -0.4 is 14.8 Å². The molecular formula is C22H32O2P+. The van der Waals surface area contributed by atoms with E-state index in [1.165, 1.54) is 10.9 Å². The molecule has 0 aliphatic heterocycles. The Labute approximate surface area is 154 Å². The van der Waals surface area contributed by atoms with Crippen molar-refractivity contribution in [3.8, 4) is 22.6 Å². The molecule has 2 aromatic rings. The SMILES string of the molecule is COc1cccc(OC)c1-c1ccccc1[PH+](C(C)(C)C)C(C)(C)C. The van der Waals surface area contributed by atoms with Gasteiger partial charge in [0.05, 0.1) is 30.1 Å². The van der Waals surface area contributed by atoms with Gasteiger partial charge < -0.3 is 9.47 Å². The molecule has 25 heavy (non-hydrogen) atoms. The maximum atomic E-state index is 5.68. The Hall–Kier alpha value is -1.53. The van der Waals surface area contributed by atoms with Crippen LogP contribution in [-0.2, 0) is 0 Å². The summed E-state index contributed by atoms with van der Waals surface area (Å²) in [4.78, 5) is 0. The minimum atomic E-state index is -0.890. The highest BCUT2D eigenvalue weighted by molar-refractivity contribution is 7.68. The van der Waals surface area contributed by atoms with Crippen LogP contribution in [0, 0.1) is 0 Å². The molecule has 0 spiro atoms. The van der Waals surface area contributed by atoms with Gasteiger partial charge in [0.2, 0.25) is 0 Å². The zero-order valence-corrected chi connectivity index (χ0v) is 17.9. The van der Waals surface area contributed by atoms with E-state index in [0.717, 1.165) is 17.1 Å². The van der Waals surface area contributed by atoms with Gasteiger partial charge in [-0.1, -0.05) is 24.3 Å². The van der Waals surface area contributed by atoms with Gasteiger partial charge in [0.25, 0.3) is 0 Å². The van der Waals surface area contributed by atoms with E-state index in [0.29, 0.717) is 0 Å². The first-order chi connectivity index (χ1) is 11.6. The highest BCUT2D eigenvalue weighted by atomic mass is 31.1. The summed E-state index contributed by atoms with van der Waals surface area (Å²) in [6.45, 7) is 14.2. The van der Waals surface area contributed by atoms with Crippen LogP contribution in [0.2, 0.25) is 0 Å². The number of hydrogen-bond donors (Lipinski definition) is 0. The van der Waals surface area contributed by atoms with Crippen LogP contribution in [0.5, 0.6) is 11.5 Å². The van der Waals surface area contributed by atoms with Gasteiger partial charge >= 0.3 is 0 Å². The molecule has 0 N–H and O–H groups in total. The van der Waals surface area contributed by atoms with Crippen LogP contribution in [0.1, 0.15) is 41.5 Å². The predicted octanol–water partition coefficient (Wildman–Crippen LogP) is 5.81. The molecule has 0 aliphatic rings. The van der Waals surface area contributed by atoms with E-state index in [1.807, 2.05) is 18.2 Å². The Kier molecular flexibility index (Phi) is 5.84. The fourth-order valence-corrected chi connectivity index (χ4v) is 8.58. The van der Waals surface area contributed by atoms with Gasteiger partial charge in [-0.25, -0.2) is 0 Å². The Morgan fingerprint density at radius 2 is 1.16 bits per heavy atom. The first kappa shape index (κ1) is 19.8. The van der Waals surface area contributed by atoms with Crippen LogP contribution >= 0.6 is 7.92 Å². The first-order valence-electron chi connectivity index (χ1n) is 8.80. The van der Waals surface area contributed by atoms with E-state index in [2.05, 4.69) is 65.8 Å². The lowest BCUT2D eigenvalue weighted by molar-refractivity contribution is 0.397. The standard InChI is InChI=1S/C22H31O2P/c1-21(2,3)25(22(4,5)6)19-15-10-9-12-16(19)20-17(23-7)13-11-14-18(20)24-8/h9-15H,1-8H3/p+1. The molecule has 2 aromatic carbocycles. The molecule has 0 bridgehead atoms. The van der Waals surface area contributed by atoms with Crippen LogP contribution in [0.15, 0.2) is 42.5 Å². The van der Waals surface area contributed by atoms with Gasteiger partial charge in [0, 0.05) is 13.5 Å². The van der Waals surface area contributed by atoms with E-state index < -0.39 is 7.92 Å². The van der Waals surface area contributed by atoms with Crippen molar-refractivity contribution in [3.63, 3.8) is 0 Å². The van der Waals surface area contributed by atoms with E-state index in [9.17, 15) is 0 Å². The third-order valence-corrected chi connectivity index (χ3v) is 8.37. The fraction of sp³-hybridized carbons (Fsp3) is 0.455. The minimum Gasteiger partial charge on any atom is -0.496 e. The number of methoxy groups -OCH3 is 2. The van der Waals surface area contributed by atoms with Gasteiger partial charge in [0.15, 0.2) is 0 Å². The van der Waals surface area contributed by atoms with Crippen LogP contribution in [0.3, 0.4) is 0 Å². The summed E-state index contributed by atoms with van der Waals surface area (Å²) in [5.74, 6) is 1.71. The van der Waals surface area contributed by atoms with Crippen molar-refractivity contribution in [2.24, 2.45) is 0 Å². The van der Waals surface area contributed by atoms with E-state index in [1.54, 1.807) is 14.2 Å². The minimum absolute atomic E-state index is 0.230. The molecule has 0 unspecified atom stereocenters. The molecule has 3 heteroatoms. The molecule has 2 nitrogen and oxygen atoms in total. The lowest BCUT2D eigenvalue weighted by Gasteiger charge is -2.35. The second-order valence-electron chi connectivity index (χ2n) is 8.46. The lowest BCUT2D eigenvalue weighted by atomic mass is 10.0. The molecule has 0 amide bonds.